The predicted molar refractivity (Wildman–Crippen MR) is 100 cm³/mol. The summed E-state index contributed by atoms with van der Waals surface area (Å²) in [5.41, 5.74) is 1.39. The van der Waals surface area contributed by atoms with Gasteiger partial charge in [0, 0.05) is 6.54 Å². The number of hydrogen-bond donors (Lipinski definition) is 1. The molecule has 0 amide bonds. The van der Waals surface area contributed by atoms with Gasteiger partial charge in [-0.25, -0.2) is 4.98 Å². The van der Waals surface area contributed by atoms with Gasteiger partial charge >= 0.3 is 0 Å². The second-order valence-corrected chi connectivity index (χ2v) is 5.53. The van der Waals surface area contributed by atoms with Crippen LogP contribution in [0.2, 0.25) is 0 Å². The van der Waals surface area contributed by atoms with Gasteiger partial charge in [0.05, 0.1) is 29.7 Å². The highest BCUT2D eigenvalue weighted by molar-refractivity contribution is 5.77. The van der Waals surface area contributed by atoms with Gasteiger partial charge in [-0.05, 0) is 43.3 Å². The SMILES string of the molecule is C=CCNCc1nc2ccccc2c(=O)n1-c1ccc(OCC)cc1. The second kappa shape index (κ2) is 7.77. The first-order chi connectivity index (χ1) is 12.2. The third-order valence-electron chi connectivity index (χ3n) is 3.82. The number of hydrogen-bond acceptors (Lipinski definition) is 4. The number of nitrogens with one attached hydrogen (secondary N) is 1. The number of benzene rings is 2. The Morgan fingerprint density at radius 3 is 2.68 bits per heavy atom. The zero-order chi connectivity index (χ0) is 17.6. The zero-order valence-electron chi connectivity index (χ0n) is 14.2. The van der Waals surface area contributed by atoms with Crippen molar-refractivity contribution in [1.82, 2.24) is 14.9 Å². The van der Waals surface area contributed by atoms with E-state index in [4.69, 9.17) is 4.74 Å². The molecule has 0 spiro atoms. The summed E-state index contributed by atoms with van der Waals surface area (Å²) in [7, 11) is 0. The van der Waals surface area contributed by atoms with E-state index in [0.29, 0.717) is 36.4 Å². The lowest BCUT2D eigenvalue weighted by Crippen LogP contribution is -2.27. The molecule has 0 aliphatic carbocycles. The molecule has 5 heteroatoms. The van der Waals surface area contributed by atoms with Gasteiger partial charge in [-0.1, -0.05) is 18.2 Å². The molecule has 1 N–H and O–H groups in total. The lowest BCUT2D eigenvalue weighted by atomic mass is 10.2. The molecule has 0 aliphatic heterocycles. The van der Waals surface area contributed by atoms with Crippen molar-refractivity contribution in [2.24, 2.45) is 0 Å². The molecule has 5 nitrogen and oxygen atoms in total. The Bertz CT molecular complexity index is 930. The van der Waals surface area contributed by atoms with Crippen LogP contribution >= 0.6 is 0 Å². The third-order valence-corrected chi connectivity index (χ3v) is 3.82. The van der Waals surface area contributed by atoms with E-state index in [1.54, 1.807) is 16.7 Å². The maximum atomic E-state index is 13.0. The number of para-hydroxylation sites is 1. The van der Waals surface area contributed by atoms with Crippen molar-refractivity contribution in [3.05, 3.63) is 77.4 Å². The van der Waals surface area contributed by atoms with Gasteiger partial charge in [-0.15, -0.1) is 6.58 Å². The topological polar surface area (TPSA) is 56.2 Å². The predicted octanol–water partition coefficient (Wildman–Crippen LogP) is 3.06. The van der Waals surface area contributed by atoms with Gasteiger partial charge < -0.3 is 10.1 Å². The van der Waals surface area contributed by atoms with E-state index in [9.17, 15) is 4.79 Å². The van der Waals surface area contributed by atoms with E-state index in [2.05, 4.69) is 16.9 Å². The summed E-state index contributed by atoms with van der Waals surface area (Å²) in [4.78, 5) is 17.7. The molecule has 3 aromatic rings. The average Bonchev–Trinajstić information content (AvgIpc) is 2.63. The van der Waals surface area contributed by atoms with E-state index in [0.717, 1.165) is 11.4 Å². The maximum Gasteiger partial charge on any atom is 0.266 e. The van der Waals surface area contributed by atoms with Gasteiger partial charge in [-0.2, -0.15) is 0 Å². The highest BCUT2D eigenvalue weighted by Gasteiger charge is 2.12. The molecular weight excluding hydrogens is 314 g/mol. The summed E-state index contributed by atoms with van der Waals surface area (Å²) in [5, 5.41) is 3.82. The fourth-order valence-corrected chi connectivity index (χ4v) is 2.71. The van der Waals surface area contributed by atoms with E-state index in [-0.39, 0.29) is 5.56 Å². The first kappa shape index (κ1) is 16.9. The Balaban J connectivity index is 2.12. The van der Waals surface area contributed by atoms with Crippen LogP contribution in [0.15, 0.2) is 66.0 Å². The molecular formula is C20H21N3O2. The van der Waals surface area contributed by atoms with Crippen molar-refractivity contribution in [2.75, 3.05) is 13.2 Å². The molecule has 0 aliphatic rings. The molecule has 1 heterocycles. The molecule has 0 fully saturated rings. The van der Waals surface area contributed by atoms with Gasteiger partial charge in [0.1, 0.15) is 11.6 Å². The smallest absolute Gasteiger partial charge is 0.266 e. The number of nitrogens with zero attached hydrogens (tertiary/aromatic N) is 2. The minimum Gasteiger partial charge on any atom is -0.494 e. The van der Waals surface area contributed by atoms with Gasteiger partial charge in [0.15, 0.2) is 0 Å². The minimum atomic E-state index is -0.0786. The molecule has 0 atom stereocenters. The van der Waals surface area contributed by atoms with Crippen molar-refractivity contribution in [3.8, 4) is 11.4 Å². The summed E-state index contributed by atoms with van der Waals surface area (Å²) < 4.78 is 7.13. The van der Waals surface area contributed by atoms with Crippen LogP contribution in [-0.4, -0.2) is 22.7 Å². The fraction of sp³-hybridized carbons (Fsp3) is 0.200. The average molecular weight is 335 g/mol. The second-order valence-electron chi connectivity index (χ2n) is 5.53. The van der Waals surface area contributed by atoms with Gasteiger partial charge in [-0.3, -0.25) is 9.36 Å². The van der Waals surface area contributed by atoms with E-state index >= 15 is 0 Å². The number of aromatic nitrogens is 2. The maximum absolute atomic E-state index is 13.0. The van der Waals surface area contributed by atoms with Gasteiger partial charge in [0.2, 0.25) is 0 Å². The summed E-state index contributed by atoms with van der Waals surface area (Å²) in [6.07, 6.45) is 1.78. The number of fused-ring (bicyclic) bond motifs is 1. The van der Waals surface area contributed by atoms with Crippen LogP contribution in [0.1, 0.15) is 12.7 Å². The fourth-order valence-electron chi connectivity index (χ4n) is 2.71. The van der Waals surface area contributed by atoms with Crippen LogP contribution in [0.25, 0.3) is 16.6 Å². The Hall–Kier alpha value is -2.92. The molecule has 0 radical (unpaired) electrons. The van der Waals surface area contributed by atoms with Crippen molar-refractivity contribution in [2.45, 2.75) is 13.5 Å². The Morgan fingerprint density at radius 1 is 1.20 bits per heavy atom. The molecule has 3 rings (SSSR count). The van der Waals surface area contributed by atoms with Crippen LogP contribution in [0.5, 0.6) is 5.75 Å². The van der Waals surface area contributed by atoms with E-state index in [1.165, 1.54) is 0 Å². The van der Waals surface area contributed by atoms with Crippen LogP contribution < -0.4 is 15.6 Å². The van der Waals surface area contributed by atoms with Crippen molar-refractivity contribution in [1.29, 1.82) is 0 Å². The minimum absolute atomic E-state index is 0.0786. The summed E-state index contributed by atoms with van der Waals surface area (Å²) in [6, 6.07) is 14.9. The summed E-state index contributed by atoms with van der Waals surface area (Å²) in [5.74, 6) is 1.44. The molecule has 1 aromatic heterocycles. The van der Waals surface area contributed by atoms with Crippen molar-refractivity contribution >= 4 is 10.9 Å². The largest absolute Gasteiger partial charge is 0.494 e. The molecule has 0 saturated carbocycles. The monoisotopic (exact) mass is 335 g/mol. The van der Waals surface area contributed by atoms with E-state index in [1.807, 2.05) is 49.4 Å². The highest BCUT2D eigenvalue weighted by atomic mass is 16.5. The Kier molecular flexibility index (Phi) is 5.26. The van der Waals surface area contributed by atoms with Crippen LogP contribution in [0.3, 0.4) is 0 Å². The summed E-state index contributed by atoms with van der Waals surface area (Å²) >= 11 is 0. The lowest BCUT2D eigenvalue weighted by molar-refractivity contribution is 0.340. The first-order valence-electron chi connectivity index (χ1n) is 8.30. The van der Waals surface area contributed by atoms with Crippen LogP contribution in [-0.2, 0) is 6.54 Å². The Labute approximate surface area is 146 Å². The standard InChI is InChI=1S/C20H21N3O2/c1-3-13-21-14-19-22-18-8-6-5-7-17(18)20(24)23(19)15-9-11-16(12-10-15)25-4-2/h3,5-12,21H,1,4,13-14H2,2H3. The molecule has 0 bridgehead atoms. The molecule has 25 heavy (non-hydrogen) atoms. The van der Waals surface area contributed by atoms with Crippen LogP contribution in [0.4, 0.5) is 0 Å². The van der Waals surface area contributed by atoms with E-state index < -0.39 is 0 Å². The molecule has 2 aromatic carbocycles. The number of rotatable bonds is 7. The van der Waals surface area contributed by atoms with Crippen LogP contribution in [0, 0.1) is 0 Å². The zero-order valence-corrected chi connectivity index (χ0v) is 14.2. The summed E-state index contributed by atoms with van der Waals surface area (Å²) in [6.45, 7) is 7.36. The quantitative estimate of drug-likeness (QED) is 0.532. The normalized spacial score (nSPS) is 10.8. The number of ether oxygens (including phenoxy) is 1. The lowest BCUT2D eigenvalue weighted by Gasteiger charge is -2.14. The van der Waals surface area contributed by atoms with Gasteiger partial charge in [0.25, 0.3) is 5.56 Å². The highest BCUT2D eigenvalue weighted by Crippen LogP contribution is 2.17. The Morgan fingerprint density at radius 2 is 1.96 bits per heavy atom. The van der Waals surface area contributed by atoms with Crippen molar-refractivity contribution < 1.29 is 4.74 Å². The van der Waals surface area contributed by atoms with Crippen molar-refractivity contribution in [3.63, 3.8) is 0 Å². The molecule has 0 unspecified atom stereocenters. The molecule has 0 saturated heterocycles. The third kappa shape index (κ3) is 3.61. The first-order valence-corrected chi connectivity index (χ1v) is 8.30. The molecule has 128 valence electrons.